The Balaban J connectivity index is 2.83. The minimum absolute atomic E-state index is 0.612. The van der Waals surface area contributed by atoms with E-state index in [1.54, 1.807) is 6.07 Å². The minimum Gasteiger partial charge on any atom is -0.331 e. The smallest absolute Gasteiger partial charge is 0.106 e. The summed E-state index contributed by atoms with van der Waals surface area (Å²) < 4.78 is 2.03. The van der Waals surface area contributed by atoms with Crippen molar-refractivity contribution in [2.75, 3.05) is 0 Å². The minimum atomic E-state index is 0.612. The van der Waals surface area contributed by atoms with Gasteiger partial charge in [-0.25, -0.2) is 4.98 Å². The van der Waals surface area contributed by atoms with Crippen LogP contribution in [-0.2, 0) is 7.05 Å². The lowest BCUT2D eigenvalue weighted by Crippen LogP contribution is -1.91. The van der Waals surface area contributed by atoms with Crippen molar-refractivity contribution in [3.63, 3.8) is 0 Å². The molecule has 0 amide bonds. The highest BCUT2D eigenvalue weighted by Crippen LogP contribution is 2.25. The van der Waals surface area contributed by atoms with Gasteiger partial charge in [-0.2, -0.15) is 0 Å². The molecule has 1 aromatic heterocycles. The molecule has 0 saturated heterocycles. The van der Waals surface area contributed by atoms with E-state index in [9.17, 15) is 0 Å². The maximum atomic E-state index is 8.38. The zero-order chi connectivity index (χ0) is 11.0. The molecule has 0 radical (unpaired) electrons. The Morgan fingerprint density at radius 1 is 1.40 bits per heavy atom. The molecule has 0 aliphatic carbocycles. The van der Waals surface area contributed by atoms with Crippen LogP contribution in [0.4, 0.5) is 5.69 Å². The van der Waals surface area contributed by atoms with Crippen molar-refractivity contribution in [1.29, 1.82) is 0 Å². The molecular weight excluding hydrogens is 190 g/mol. The molecule has 0 spiro atoms. The van der Waals surface area contributed by atoms with Crippen LogP contribution in [0.1, 0.15) is 11.4 Å². The molecule has 0 unspecified atom stereocenters. The van der Waals surface area contributed by atoms with Crippen molar-refractivity contribution in [1.82, 2.24) is 9.55 Å². The average Bonchev–Trinajstić information content (AvgIpc) is 2.43. The number of aromatic nitrogens is 2. The molecule has 2 aromatic rings. The van der Waals surface area contributed by atoms with E-state index in [1.807, 2.05) is 31.5 Å². The zero-order valence-corrected chi connectivity index (χ0v) is 8.89. The Labute approximate surface area is 87.0 Å². The van der Waals surface area contributed by atoms with E-state index in [0.29, 0.717) is 5.69 Å². The summed E-state index contributed by atoms with van der Waals surface area (Å²) in [6.45, 7) is 3.94. The number of imidazole rings is 1. The molecule has 0 bridgehead atoms. The summed E-state index contributed by atoms with van der Waals surface area (Å²) in [7, 11) is 1.98. The predicted molar refractivity (Wildman–Crippen MR) is 59.0 cm³/mol. The lowest BCUT2D eigenvalue weighted by Gasteiger charge is -2.01. The van der Waals surface area contributed by atoms with Crippen LogP contribution < -0.4 is 0 Å². The fourth-order valence-electron chi connectivity index (χ4n) is 1.78. The van der Waals surface area contributed by atoms with Gasteiger partial charge in [-0.1, -0.05) is 5.11 Å². The van der Waals surface area contributed by atoms with Gasteiger partial charge in [-0.05, 0) is 37.1 Å². The van der Waals surface area contributed by atoms with E-state index in [1.165, 1.54) is 0 Å². The Morgan fingerprint density at radius 2 is 2.13 bits per heavy atom. The molecule has 5 heteroatoms. The number of hydrogen-bond acceptors (Lipinski definition) is 2. The van der Waals surface area contributed by atoms with Gasteiger partial charge in [0.1, 0.15) is 5.82 Å². The summed E-state index contributed by atoms with van der Waals surface area (Å²) in [5.41, 5.74) is 12.0. The summed E-state index contributed by atoms with van der Waals surface area (Å²) in [5.74, 6) is 0.950. The zero-order valence-electron chi connectivity index (χ0n) is 8.89. The standard InChI is InChI=1S/C10H11N5/c1-6-4-8(13-14-11)5-9-10(6)15(3)7(2)12-9/h4-5H,1-3H3. The maximum absolute atomic E-state index is 8.38. The molecule has 1 heterocycles. The van der Waals surface area contributed by atoms with Crippen molar-refractivity contribution >= 4 is 16.7 Å². The first-order chi connectivity index (χ1) is 7.13. The number of hydrogen-bond donors (Lipinski definition) is 0. The first kappa shape index (κ1) is 9.55. The number of rotatable bonds is 1. The first-order valence-corrected chi connectivity index (χ1v) is 4.62. The van der Waals surface area contributed by atoms with Gasteiger partial charge in [-0.15, -0.1) is 0 Å². The lowest BCUT2D eigenvalue weighted by atomic mass is 10.2. The topological polar surface area (TPSA) is 66.6 Å². The molecule has 0 aliphatic rings. The maximum Gasteiger partial charge on any atom is 0.106 e. The highest BCUT2D eigenvalue weighted by atomic mass is 15.1. The molecule has 76 valence electrons. The molecule has 2 rings (SSSR count). The van der Waals surface area contributed by atoms with Crippen molar-refractivity contribution < 1.29 is 0 Å². The highest BCUT2D eigenvalue weighted by molar-refractivity contribution is 5.82. The van der Waals surface area contributed by atoms with Gasteiger partial charge in [0.2, 0.25) is 0 Å². The average molecular weight is 201 g/mol. The van der Waals surface area contributed by atoms with Crippen LogP contribution in [0.5, 0.6) is 0 Å². The third-order valence-electron chi connectivity index (χ3n) is 2.53. The molecule has 0 aliphatic heterocycles. The van der Waals surface area contributed by atoms with Gasteiger partial charge in [-0.3, -0.25) is 0 Å². The van der Waals surface area contributed by atoms with Gasteiger partial charge in [0.15, 0.2) is 0 Å². The van der Waals surface area contributed by atoms with E-state index in [2.05, 4.69) is 15.0 Å². The summed E-state index contributed by atoms with van der Waals surface area (Å²) in [4.78, 5) is 7.17. The van der Waals surface area contributed by atoms with Crippen molar-refractivity contribution in [3.05, 3.63) is 34.0 Å². The third kappa shape index (κ3) is 1.43. The van der Waals surface area contributed by atoms with Crippen LogP contribution in [0.25, 0.3) is 21.5 Å². The first-order valence-electron chi connectivity index (χ1n) is 4.62. The lowest BCUT2D eigenvalue weighted by molar-refractivity contribution is 0.883. The molecule has 0 atom stereocenters. The van der Waals surface area contributed by atoms with E-state index < -0.39 is 0 Å². The van der Waals surface area contributed by atoms with Gasteiger partial charge in [0, 0.05) is 17.6 Å². The Bertz CT molecular complexity index is 575. The Hall–Kier alpha value is -2.00. The summed E-state index contributed by atoms with van der Waals surface area (Å²) in [6.07, 6.45) is 0. The second-order valence-electron chi connectivity index (χ2n) is 3.54. The molecule has 5 nitrogen and oxygen atoms in total. The van der Waals surface area contributed by atoms with Crippen molar-refractivity contribution in [2.24, 2.45) is 12.2 Å². The van der Waals surface area contributed by atoms with Crippen LogP contribution in [0.2, 0.25) is 0 Å². The monoisotopic (exact) mass is 201 g/mol. The van der Waals surface area contributed by atoms with Crippen LogP contribution >= 0.6 is 0 Å². The van der Waals surface area contributed by atoms with E-state index >= 15 is 0 Å². The van der Waals surface area contributed by atoms with E-state index in [-0.39, 0.29) is 0 Å². The largest absolute Gasteiger partial charge is 0.331 e. The van der Waals surface area contributed by atoms with E-state index in [4.69, 9.17) is 5.53 Å². The highest BCUT2D eigenvalue weighted by Gasteiger charge is 2.07. The van der Waals surface area contributed by atoms with Crippen molar-refractivity contribution in [2.45, 2.75) is 13.8 Å². The summed E-state index contributed by atoms with van der Waals surface area (Å²) in [6, 6.07) is 3.66. The fourth-order valence-corrected chi connectivity index (χ4v) is 1.78. The van der Waals surface area contributed by atoms with Crippen LogP contribution in [0.15, 0.2) is 17.2 Å². The molecule has 1 aromatic carbocycles. The molecule has 0 saturated carbocycles. The number of azide groups is 1. The van der Waals surface area contributed by atoms with Gasteiger partial charge < -0.3 is 4.57 Å². The predicted octanol–water partition coefficient (Wildman–Crippen LogP) is 3.13. The van der Waals surface area contributed by atoms with Crippen LogP contribution in [-0.4, -0.2) is 9.55 Å². The fraction of sp³-hybridized carbons (Fsp3) is 0.300. The number of nitrogens with zero attached hydrogens (tertiary/aromatic N) is 5. The second-order valence-corrected chi connectivity index (χ2v) is 3.54. The second kappa shape index (κ2) is 3.29. The van der Waals surface area contributed by atoms with Crippen LogP contribution in [0.3, 0.4) is 0 Å². The number of fused-ring (bicyclic) bond motifs is 1. The summed E-state index contributed by atoms with van der Waals surface area (Å²) in [5, 5.41) is 3.59. The normalized spacial score (nSPS) is 10.3. The van der Waals surface area contributed by atoms with Gasteiger partial charge >= 0.3 is 0 Å². The SMILES string of the molecule is Cc1cc(N=[N+]=[N-])cc2nc(C)n(C)c12. The molecular formula is C10H11N5. The Kier molecular flexibility index (Phi) is 2.10. The van der Waals surface area contributed by atoms with Crippen LogP contribution in [0, 0.1) is 13.8 Å². The Morgan fingerprint density at radius 3 is 2.80 bits per heavy atom. The quantitative estimate of drug-likeness (QED) is 0.397. The number of benzene rings is 1. The van der Waals surface area contributed by atoms with Gasteiger partial charge in [0.25, 0.3) is 0 Å². The third-order valence-corrected chi connectivity index (χ3v) is 2.53. The number of aryl methyl sites for hydroxylation is 3. The molecule has 15 heavy (non-hydrogen) atoms. The molecule has 0 fully saturated rings. The van der Waals surface area contributed by atoms with Gasteiger partial charge in [0.05, 0.1) is 11.0 Å². The van der Waals surface area contributed by atoms with Crippen molar-refractivity contribution in [3.8, 4) is 0 Å². The van der Waals surface area contributed by atoms with E-state index in [0.717, 1.165) is 22.4 Å². The summed E-state index contributed by atoms with van der Waals surface area (Å²) >= 11 is 0. The molecule has 0 N–H and O–H groups in total.